The molecule has 2 aromatic carbocycles. The second kappa shape index (κ2) is 8.20. The van der Waals surface area contributed by atoms with Crippen molar-refractivity contribution in [3.8, 4) is 5.75 Å². The Hall–Kier alpha value is -2.89. The summed E-state index contributed by atoms with van der Waals surface area (Å²) >= 11 is 0. The van der Waals surface area contributed by atoms with Crippen molar-refractivity contribution in [3.05, 3.63) is 59.4 Å². The smallest absolute Gasteiger partial charge is 0.231 e. The summed E-state index contributed by atoms with van der Waals surface area (Å²) in [6.45, 7) is 5.26. The van der Waals surface area contributed by atoms with Crippen molar-refractivity contribution >= 4 is 17.5 Å². The molecule has 0 saturated carbocycles. The number of likely N-dealkylation sites (N-methyl/N-ethyl adjacent to an activating group) is 1. The summed E-state index contributed by atoms with van der Waals surface area (Å²) in [6.07, 6.45) is 0.0186. The zero-order chi connectivity index (χ0) is 19.4. The van der Waals surface area contributed by atoms with Gasteiger partial charge in [-0.05, 0) is 55.3 Å². The van der Waals surface area contributed by atoms with E-state index in [-0.39, 0.29) is 18.2 Å². The van der Waals surface area contributed by atoms with E-state index in [2.05, 4.69) is 5.32 Å². The van der Waals surface area contributed by atoms with E-state index in [1.807, 2.05) is 38.1 Å². The molecule has 6 heteroatoms. The van der Waals surface area contributed by atoms with Crippen molar-refractivity contribution in [2.24, 2.45) is 0 Å². The van der Waals surface area contributed by atoms with E-state index in [4.69, 9.17) is 4.74 Å². The molecule has 3 rings (SSSR count). The summed E-state index contributed by atoms with van der Waals surface area (Å²) in [6, 6.07) is 11.7. The number of halogens is 1. The molecule has 142 valence electrons. The van der Waals surface area contributed by atoms with Gasteiger partial charge in [0.15, 0.2) is 0 Å². The number of ether oxygens (including phenoxy) is 1. The average molecular weight is 370 g/mol. The van der Waals surface area contributed by atoms with Crippen LogP contribution in [0.3, 0.4) is 0 Å². The van der Waals surface area contributed by atoms with Gasteiger partial charge in [-0.15, -0.1) is 0 Å². The summed E-state index contributed by atoms with van der Waals surface area (Å²) in [5.41, 5.74) is 1.97. The van der Waals surface area contributed by atoms with Gasteiger partial charge in [0.1, 0.15) is 11.6 Å². The van der Waals surface area contributed by atoms with Gasteiger partial charge in [-0.3, -0.25) is 9.59 Å². The largest absolute Gasteiger partial charge is 0.494 e. The number of nitrogens with zero attached hydrogens (tertiary/aromatic N) is 1. The lowest BCUT2D eigenvalue weighted by Crippen LogP contribution is -2.38. The lowest BCUT2D eigenvalue weighted by Gasteiger charge is -2.30. The maximum atomic E-state index is 13.7. The fraction of sp³-hybridized carbons (Fsp3) is 0.333. The van der Waals surface area contributed by atoms with E-state index in [1.165, 1.54) is 18.2 Å². The second-order valence-corrected chi connectivity index (χ2v) is 6.47. The molecule has 0 radical (unpaired) electrons. The Morgan fingerprint density at radius 3 is 2.81 bits per heavy atom. The van der Waals surface area contributed by atoms with E-state index in [9.17, 15) is 14.0 Å². The third-order valence-corrected chi connectivity index (χ3v) is 4.63. The van der Waals surface area contributed by atoms with Crippen molar-refractivity contribution in [2.45, 2.75) is 32.7 Å². The van der Waals surface area contributed by atoms with Crippen LogP contribution in [0.1, 0.15) is 37.3 Å². The summed E-state index contributed by atoms with van der Waals surface area (Å²) in [5, 5.41) is 2.71. The highest BCUT2D eigenvalue weighted by atomic mass is 19.1. The fourth-order valence-corrected chi connectivity index (χ4v) is 3.34. The number of carbonyl (C=O) groups excluding carboxylic acids is 2. The van der Waals surface area contributed by atoms with Gasteiger partial charge in [-0.25, -0.2) is 4.39 Å². The van der Waals surface area contributed by atoms with Gasteiger partial charge in [0, 0.05) is 25.2 Å². The molecule has 2 amide bonds. The first-order valence-electron chi connectivity index (χ1n) is 9.11. The Labute approximate surface area is 158 Å². The monoisotopic (exact) mass is 370 g/mol. The molecular weight excluding hydrogens is 347 g/mol. The molecule has 0 aromatic heterocycles. The molecule has 1 unspecified atom stereocenters. The highest BCUT2D eigenvalue weighted by molar-refractivity contribution is 6.01. The number of hydrogen-bond acceptors (Lipinski definition) is 3. The van der Waals surface area contributed by atoms with Gasteiger partial charge in [0.05, 0.1) is 12.5 Å². The predicted octanol–water partition coefficient (Wildman–Crippen LogP) is 3.70. The van der Waals surface area contributed by atoms with Gasteiger partial charge in [0.2, 0.25) is 11.8 Å². The molecule has 2 aromatic rings. The van der Waals surface area contributed by atoms with Crippen LogP contribution in [-0.2, 0) is 16.1 Å². The lowest BCUT2D eigenvalue weighted by molar-refractivity contribution is -0.135. The maximum Gasteiger partial charge on any atom is 0.231 e. The molecular formula is C21H23FN2O3. The Morgan fingerprint density at radius 1 is 1.26 bits per heavy atom. The van der Waals surface area contributed by atoms with Crippen molar-refractivity contribution < 1.29 is 18.7 Å². The number of fused-ring (bicyclic) bond motifs is 1. The maximum absolute atomic E-state index is 13.7. The van der Waals surface area contributed by atoms with E-state index >= 15 is 0 Å². The Bertz CT molecular complexity index is 853. The Kier molecular flexibility index (Phi) is 5.74. The minimum atomic E-state index is -0.681. The molecule has 5 nitrogen and oxygen atoms in total. The predicted molar refractivity (Wildman–Crippen MR) is 101 cm³/mol. The van der Waals surface area contributed by atoms with Crippen LogP contribution in [0.25, 0.3) is 0 Å². The number of anilines is 1. The van der Waals surface area contributed by atoms with Crippen LogP contribution in [0.2, 0.25) is 0 Å². The van der Waals surface area contributed by atoms with Crippen LogP contribution >= 0.6 is 0 Å². The van der Waals surface area contributed by atoms with Crippen molar-refractivity contribution in [1.82, 2.24) is 4.90 Å². The van der Waals surface area contributed by atoms with Crippen LogP contribution in [0.15, 0.2) is 42.5 Å². The fourth-order valence-electron chi connectivity index (χ4n) is 3.34. The molecule has 1 heterocycles. The summed E-state index contributed by atoms with van der Waals surface area (Å²) < 4.78 is 19.2. The van der Waals surface area contributed by atoms with Gasteiger partial charge in [-0.2, -0.15) is 0 Å². The van der Waals surface area contributed by atoms with Crippen molar-refractivity contribution in [3.63, 3.8) is 0 Å². The van der Waals surface area contributed by atoms with Crippen molar-refractivity contribution in [2.75, 3.05) is 18.5 Å². The van der Waals surface area contributed by atoms with Crippen molar-refractivity contribution in [1.29, 1.82) is 0 Å². The first-order valence-corrected chi connectivity index (χ1v) is 9.11. The zero-order valence-electron chi connectivity index (χ0n) is 15.5. The highest BCUT2D eigenvalue weighted by Crippen LogP contribution is 2.34. The highest BCUT2D eigenvalue weighted by Gasteiger charge is 2.33. The number of rotatable bonds is 6. The summed E-state index contributed by atoms with van der Waals surface area (Å²) in [7, 11) is 0. The van der Waals surface area contributed by atoms with Crippen LogP contribution in [0.4, 0.5) is 10.1 Å². The third-order valence-electron chi connectivity index (χ3n) is 4.63. The average Bonchev–Trinajstić information content (AvgIpc) is 2.66. The number of hydrogen-bond donors (Lipinski definition) is 1. The molecule has 0 aliphatic carbocycles. The first-order chi connectivity index (χ1) is 13.0. The first kappa shape index (κ1) is 18.9. The van der Waals surface area contributed by atoms with Crippen LogP contribution in [0, 0.1) is 5.82 Å². The van der Waals surface area contributed by atoms with E-state index < -0.39 is 11.7 Å². The minimum Gasteiger partial charge on any atom is -0.494 e. The number of nitrogens with one attached hydrogen (secondary N) is 1. The summed E-state index contributed by atoms with van der Waals surface area (Å²) in [5.74, 6) is -0.763. The molecule has 0 fully saturated rings. The Balaban J connectivity index is 1.84. The third kappa shape index (κ3) is 4.27. The van der Waals surface area contributed by atoms with E-state index in [1.54, 1.807) is 4.90 Å². The molecule has 1 aliphatic rings. The molecule has 1 atom stereocenters. The Morgan fingerprint density at radius 2 is 2.07 bits per heavy atom. The molecule has 27 heavy (non-hydrogen) atoms. The van der Waals surface area contributed by atoms with E-state index in [0.29, 0.717) is 30.9 Å². The van der Waals surface area contributed by atoms with Gasteiger partial charge in [0.25, 0.3) is 0 Å². The second-order valence-electron chi connectivity index (χ2n) is 6.47. The molecule has 1 aliphatic heterocycles. The molecule has 0 bridgehead atoms. The molecule has 0 spiro atoms. The summed E-state index contributed by atoms with van der Waals surface area (Å²) in [4.78, 5) is 26.9. The van der Waals surface area contributed by atoms with Gasteiger partial charge < -0.3 is 15.0 Å². The number of amides is 2. The molecule has 0 saturated heterocycles. The quantitative estimate of drug-likeness (QED) is 0.844. The number of carbonyl (C=O) groups is 2. The van der Waals surface area contributed by atoms with Gasteiger partial charge >= 0.3 is 0 Å². The normalized spacial score (nSPS) is 15.7. The van der Waals surface area contributed by atoms with Crippen LogP contribution in [-0.4, -0.2) is 29.9 Å². The molecule has 1 N–H and O–H groups in total. The van der Waals surface area contributed by atoms with E-state index in [0.717, 1.165) is 11.3 Å². The number of benzene rings is 2. The standard InChI is InChI=1S/C21H23FN2O3/c1-3-24(13-14-6-5-7-16(10-14)27-4-2)21(26)18-12-20(25)23-19-9-8-15(22)11-17(18)19/h5-11,18H,3-4,12-13H2,1-2H3,(H,23,25). The minimum absolute atomic E-state index is 0.0186. The topological polar surface area (TPSA) is 58.6 Å². The lowest BCUT2D eigenvalue weighted by atomic mass is 9.89. The van der Waals surface area contributed by atoms with Gasteiger partial charge in [-0.1, -0.05) is 12.1 Å². The zero-order valence-corrected chi connectivity index (χ0v) is 15.5. The van der Waals surface area contributed by atoms with Crippen LogP contribution < -0.4 is 10.1 Å². The van der Waals surface area contributed by atoms with Crippen LogP contribution in [0.5, 0.6) is 5.75 Å². The SMILES string of the molecule is CCOc1cccc(CN(CC)C(=O)C2CC(=O)Nc3ccc(F)cc32)c1.